The summed E-state index contributed by atoms with van der Waals surface area (Å²) in [6, 6.07) is 4.71. The Kier molecular flexibility index (Phi) is 3.46. The number of aromatic nitrogens is 1. The molecule has 0 spiro atoms. The minimum Gasteiger partial charge on any atom is -0.507 e. The van der Waals surface area contributed by atoms with E-state index in [4.69, 9.17) is 17.3 Å². The highest BCUT2D eigenvalue weighted by molar-refractivity contribution is 7.14. The molecule has 0 radical (unpaired) electrons. The summed E-state index contributed by atoms with van der Waals surface area (Å²) in [5.41, 5.74) is 8.68. The van der Waals surface area contributed by atoms with Crippen molar-refractivity contribution >= 4 is 40.1 Å². The second-order valence-corrected chi connectivity index (χ2v) is 4.45. The molecule has 4 N–H and O–H groups in total. The van der Waals surface area contributed by atoms with E-state index in [2.05, 4.69) is 15.5 Å². The van der Waals surface area contributed by atoms with Crippen LogP contribution in [0.1, 0.15) is 5.56 Å². The molecule has 2 rings (SSSR count). The monoisotopic (exact) mass is 268 g/mol. The summed E-state index contributed by atoms with van der Waals surface area (Å²) < 4.78 is 0. The second kappa shape index (κ2) is 5.03. The topological polar surface area (TPSA) is 83.5 Å². The second-order valence-electron chi connectivity index (χ2n) is 3.15. The molecule has 0 aliphatic carbocycles. The normalized spacial score (nSPS) is 10.9. The number of nitrogen functional groups attached to an aromatic ring is 1. The standard InChI is InChI=1S/C10H9ClN4OS/c11-7-1-2-8(16)6(3-7)4-13-15-10-14-9(12)5-17-10/h1-5,16H,12H2,(H,14,15). The number of thiazole rings is 1. The minimum atomic E-state index is 0.110. The Morgan fingerprint density at radius 2 is 2.35 bits per heavy atom. The van der Waals surface area contributed by atoms with E-state index in [0.717, 1.165) is 0 Å². The van der Waals surface area contributed by atoms with Gasteiger partial charge in [0.15, 0.2) is 0 Å². The number of aromatic hydroxyl groups is 1. The molecule has 0 fully saturated rings. The van der Waals surface area contributed by atoms with E-state index in [9.17, 15) is 5.11 Å². The molecule has 0 aliphatic heterocycles. The van der Waals surface area contributed by atoms with Crippen molar-refractivity contribution in [1.82, 2.24) is 4.98 Å². The van der Waals surface area contributed by atoms with Crippen molar-refractivity contribution in [2.24, 2.45) is 5.10 Å². The molecule has 7 heteroatoms. The number of phenolic OH excluding ortho intramolecular Hbond substituents is 1. The fraction of sp³-hybridized carbons (Fsp3) is 0. The summed E-state index contributed by atoms with van der Waals surface area (Å²) >= 11 is 7.14. The summed E-state index contributed by atoms with van der Waals surface area (Å²) in [5.74, 6) is 0.553. The van der Waals surface area contributed by atoms with E-state index in [1.807, 2.05) is 0 Å². The highest BCUT2D eigenvalue weighted by Crippen LogP contribution is 2.20. The highest BCUT2D eigenvalue weighted by Gasteiger charge is 1.99. The van der Waals surface area contributed by atoms with Crippen LogP contribution in [0.4, 0.5) is 10.9 Å². The third-order valence-electron chi connectivity index (χ3n) is 1.88. The fourth-order valence-corrected chi connectivity index (χ4v) is 1.85. The maximum Gasteiger partial charge on any atom is 0.205 e. The lowest BCUT2D eigenvalue weighted by Crippen LogP contribution is -1.91. The van der Waals surface area contributed by atoms with Crippen LogP contribution in [0.2, 0.25) is 5.02 Å². The van der Waals surface area contributed by atoms with E-state index < -0.39 is 0 Å². The Hall–Kier alpha value is -1.79. The van der Waals surface area contributed by atoms with Gasteiger partial charge >= 0.3 is 0 Å². The molecule has 88 valence electrons. The van der Waals surface area contributed by atoms with E-state index >= 15 is 0 Å². The largest absolute Gasteiger partial charge is 0.507 e. The molecule has 2 aromatic rings. The molecule has 0 saturated carbocycles. The Bertz CT molecular complexity index is 555. The van der Waals surface area contributed by atoms with Crippen molar-refractivity contribution in [3.05, 3.63) is 34.2 Å². The zero-order chi connectivity index (χ0) is 12.3. The summed E-state index contributed by atoms with van der Waals surface area (Å²) in [6.07, 6.45) is 1.46. The fourth-order valence-electron chi connectivity index (χ4n) is 1.12. The molecule has 0 saturated heterocycles. The number of nitrogens with one attached hydrogen (secondary N) is 1. The Balaban J connectivity index is 2.07. The van der Waals surface area contributed by atoms with Crippen LogP contribution in [-0.2, 0) is 0 Å². The molecule has 1 aromatic heterocycles. The van der Waals surface area contributed by atoms with Crippen LogP contribution >= 0.6 is 22.9 Å². The highest BCUT2D eigenvalue weighted by atomic mass is 35.5. The van der Waals surface area contributed by atoms with Crippen LogP contribution in [0.15, 0.2) is 28.7 Å². The number of nitrogens with zero attached hydrogens (tertiary/aromatic N) is 2. The van der Waals surface area contributed by atoms with Gasteiger partial charge in [0.1, 0.15) is 11.6 Å². The van der Waals surface area contributed by atoms with Crippen LogP contribution < -0.4 is 11.2 Å². The molecule has 0 amide bonds. The summed E-state index contributed by atoms with van der Waals surface area (Å²) in [5, 5.41) is 16.3. The van der Waals surface area contributed by atoms with E-state index in [0.29, 0.717) is 21.5 Å². The van der Waals surface area contributed by atoms with Gasteiger partial charge in [-0.1, -0.05) is 11.6 Å². The van der Waals surface area contributed by atoms with Gasteiger partial charge < -0.3 is 10.8 Å². The summed E-state index contributed by atoms with van der Waals surface area (Å²) in [7, 11) is 0. The van der Waals surface area contributed by atoms with Gasteiger partial charge in [-0.05, 0) is 18.2 Å². The van der Waals surface area contributed by atoms with Crippen LogP contribution in [0.3, 0.4) is 0 Å². The maximum atomic E-state index is 9.53. The quantitative estimate of drug-likeness (QED) is 0.590. The average molecular weight is 269 g/mol. The van der Waals surface area contributed by atoms with Crippen molar-refractivity contribution in [3.63, 3.8) is 0 Å². The van der Waals surface area contributed by atoms with Gasteiger partial charge in [0.25, 0.3) is 0 Å². The van der Waals surface area contributed by atoms with Crippen LogP contribution in [0.25, 0.3) is 0 Å². The van der Waals surface area contributed by atoms with Gasteiger partial charge in [-0.2, -0.15) is 5.10 Å². The van der Waals surface area contributed by atoms with E-state index in [1.165, 1.54) is 23.6 Å². The van der Waals surface area contributed by atoms with Crippen molar-refractivity contribution in [1.29, 1.82) is 0 Å². The minimum absolute atomic E-state index is 0.110. The molecule has 5 nitrogen and oxygen atoms in total. The van der Waals surface area contributed by atoms with Crippen LogP contribution in [-0.4, -0.2) is 16.3 Å². The predicted octanol–water partition coefficient (Wildman–Crippen LogP) is 2.53. The number of hydrazone groups is 1. The smallest absolute Gasteiger partial charge is 0.205 e. The lowest BCUT2D eigenvalue weighted by molar-refractivity contribution is 0.474. The molecule has 0 aliphatic rings. The van der Waals surface area contributed by atoms with Gasteiger partial charge in [0.2, 0.25) is 5.13 Å². The van der Waals surface area contributed by atoms with Crippen LogP contribution in [0.5, 0.6) is 5.75 Å². The first-order chi connectivity index (χ1) is 8.15. The molecule has 0 bridgehead atoms. The van der Waals surface area contributed by atoms with Crippen molar-refractivity contribution in [2.75, 3.05) is 11.2 Å². The number of nitrogens with two attached hydrogens (primary N) is 1. The lowest BCUT2D eigenvalue weighted by Gasteiger charge is -1.98. The van der Waals surface area contributed by atoms with Crippen molar-refractivity contribution in [2.45, 2.75) is 0 Å². The van der Waals surface area contributed by atoms with E-state index in [-0.39, 0.29) is 5.75 Å². The Morgan fingerprint density at radius 3 is 3.06 bits per heavy atom. The number of anilines is 2. The predicted molar refractivity (Wildman–Crippen MR) is 70.9 cm³/mol. The number of phenols is 1. The molecular formula is C10H9ClN4OS. The first-order valence-electron chi connectivity index (χ1n) is 4.64. The molecule has 0 atom stereocenters. The van der Waals surface area contributed by atoms with Crippen molar-refractivity contribution in [3.8, 4) is 5.75 Å². The van der Waals surface area contributed by atoms with Gasteiger partial charge in [-0.3, -0.25) is 5.43 Å². The average Bonchev–Trinajstić information content (AvgIpc) is 2.69. The van der Waals surface area contributed by atoms with Crippen molar-refractivity contribution < 1.29 is 5.11 Å². The molecule has 1 aromatic carbocycles. The van der Waals surface area contributed by atoms with Crippen LogP contribution in [0, 0.1) is 0 Å². The third-order valence-corrected chi connectivity index (χ3v) is 2.88. The number of benzene rings is 1. The number of halogens is 1. The maximum absolute atomic E-state index is 9.53. The van der Waals surface area contributed by atoms with Gasteiger partial charge in [0, 0.05) is 16.0 Å². The zero-order valence-corrected chi connectivity index (χ0v) is 10.2. The Labute approximate surface area is 107 Å². The molecule has 0 unspecified atom stereocenters. The molecule has 1 heterocycles. The lowest BCUT2D eigenvalue weighted by atomic mass is 10.2. The first kappa shape index (κ1) is 11.7. The van der Waals surface area contributed by atoms with E-state index in [1.54, 1.807) is 17.5 Å². The Morgan fingerprint density at radius 1 is 1.53 bits per heavy atom. The summed E-state index contributed by atoms with van der Waals surface area (Å²) in [6.45, 7) is 0. The first-order valence-corrected chi connectivity index (χ1v) is 5.89. The molecule has 17 heavy (non-hydrogen) atoms. The van der Waals surface area contributed by atoms with Gasteiger partial charge in [-0.25, -0.2) is 4.98 Å². The summed E-state index contributed by atoms with van der Waals surface area (Å²) in [4.78, 5) is 3.96. The number of rotatable bonds is 3. The SMILES string of the molecule is Nc1csc(NN=Cc2cc(Cl)ccc2O)n1. The molecular weight excluding hydrogens is 260 g/mol. The zero-order valence-electron chi connectivity index (χ0n) is 8.59. The van der Waals surface area contributed by atoms with Gasteiger partial charge in [0.05, 0.1) is 6.21 Å². The number of hydrogen-bond acceptors (Lipinski definition) is 6. The number of hydrogen-bond donors (Lipinski definition) is 3. The third kappa shape index (κ3) is 3.08. The van der Waals surface area contributed by atoms with Gasteiger partial charge in [-0.15, -0.1) is 11.3 Å².